The maximum atomic E-state index is 9.08. The highest BCUT2D eigenvalue weighted by molar-refractivity contribution is 4.83. The predicted octanol–water partition coefficient (Wildman–Crippen LogP) is 0.549. The number of hydrogen-bond acceptors (Lipinski definition) is 4. The van der Waals surface area contributed by atoms with Gasteiger partial charge in [-0.3, -0.25) is 0 Å². The lowest BCUT2D eigenvalue weighted by molar-refractivity contribution is 0.183. The molecule has 5 heteroatoms. The second-order valence-corrected chi connectivity index (χ2v) is 3.71. The van der Waals surface area contributed by atoms with Crippen molar-refractivity contribution >= 4 is 0 Å². The zero-order chi connectivity index (χ0) is 11.1. The van der Waals surface area contributed by atoms with Crippen LogP contribution in [0.15, 0.2) is 6.33 Å². The molecule has 0 aliphatic heterocycles. The first-order valence-electron chi connectivity index (χ1n) is 5.49. The number of nitrogens with zero attached hydrogens (tertiary/aromatic N) is 3. The average molecular weight is 212 g/mol. The summed E-state index contributed by atoms with van der Waals surface area (Å²) in [5.41, 5.74) is 0. The Labute approximate surface area is 90.5 Å². The van der Waals surface area contributed by atoms with Gasteiger partial charge in [-0.05, 0) is 26.3 Å². The van der Waals surface area contributed by atoms with Crippen LogP contribution in [0.2, 0.25) is 0 Å². The highest BCUT2D eigenvalue weighted by Crippen LogP contribution is 1.96. The molecule has 0 saturated carbocycles. The molecule has 0 aliphatic rings. The van der Waals surface area contributed by atoms with Gasteiger partial charge in [0.2, 0.25) is 0 Å². The molecule has 1 aromatic heterocycles. The summed E-state index contributed by atoms with van der Waals surface area (Å²) in [6, 6.07) is 0. The van der Waals surface area contributed by atoms with Gasteiger partial charge in [-0.25, -0.2) is 9.67 Å². The molecule has 5 nitrogen and oxygen atoms in total. The fraction of sp³-hybridized carbons (Fsp3) is 0.800. The fourth-order valence-electron chi connectivity index (χ4n) is 1.33. The fourth-order valence-corrected chi connectivity index (χ4v) is 1.33. The maximum absolute atomic E-state index is 9.08. The van der Waals surface area contributed by atoms with Crippen LogP contribution in [0, 0.1) is 0 Å². The van der Waals surface area contributed by atoms with Gasteiger partial charge in [0.05, 0.1) is 12.6 Å². The predicted molar refractivity (Wildman–Crippen MR) is 58.3 cm³/mol. The third-order valence-corrected chi connectivity index (χ3v) is 2.15. The van der Waals surface area contributed by atoms with Crippen LogP contribution in [-0.4, -0.2) is 32.5 Å². The third kappa shape index (κ3) is 4.40. The van der Waals surface area contributed by atoms with Gasteiger partial charge < -0.3 is 10.4 Å². The molecule has 86 valence electrons. The Morgan fingerprint density at radius 2 is 2.40 bits per heavy atom. The first kappa shape index (κ1) is 12.1. The minimum absolute atomic E-state index is 0.244. The number of rotatable bonds is 7. The summed E-state index contributed by atoms with van der Waals surface area (Å²) in [6.07, 6.45) is 3.17. The van der Waals surface area contributed by atoms with E-state index in [4.69, 9.17) is 5.11 Å². The van der Waals surface area contributed by atoms with Crippen LogP contribution in [0.5, 0.6) is 0 Å². The van der Waals surface area contributed by atoms with Gasteiger partial charge in [0, 0.05) is 6.54 Å². The quantitative estimate of drug-likeness (QED) is 0.648. The Kier molecular flexibility index (Phi) is 5.28. The van der Waals surface area contributed by atoms with E-state index in [1.54, 1.807) is 13.3 Å². The van der Waals surface area contributed by atoms with Crippen molar-refractivity contribution in [3.8, 4) is 0 Å². The molecule has 1 unspecified atom stereocenters. The molecule has 0 bridgehead atoms. The largest absolute Gasteiger partial charge is 0.393 e. The molecule has 15 heavy (non-hydrogen) atoms. The van der Waals surface area contributed by atoms with Crippen LogP contribution in [0.1, 0.15) is 32.5 Å². The first-order valence-corrected chi connectivity index (χ1v) is 5.49. The lowest BCUT2D eigenvalue weighted by atomic mass is 10.3. The van der Waals surface area contributed by atoms with Crippen molar-refractivity contribution in [1.82, 2.24) is 20.1 Å². The summed E-state index contributed by atoms with van der Waals surface area (Å²) in [5, 5.41) is 16.4. The Morgan fingerprint density at radius 1 is 1.60 bits per heavy atom. The Morgan fingerprint density at radius 3 is 3.07 bits per heavy atom. The van der Waals surface area contributed by atoms with Crippen LogP contribution in [0.4, 0.5) is 0 Å². The van der Waals surface area contributed by atoms with E-state index in [1.807, 2.05) is 4.68 Å². The zero-order valence-electron chi connectivity index (χ0n) is 9.48. The molecule has 1 atom stereocenters. The van der Waals surface area contributed by atoms with Gasteiger partial charge in [0.15, 0.2) is 0 Å². The normalized spacial score (nSPS) is 13.0. The molecule has 0 saturated heterocycles. The molecule has 0 amide bonds. The van der Waals surface area contributed by atoms with E-state index in [0.717, 1.165) is 31.8 Å². The molecular formula is C10H20N4O. The molecule has 2 N–H and O–H groups in total. The summed E-state index contributed by atoms with van der Waals surface area (Å²) < 4.78 is 1.91. The summed E-state index contributed by atoms with van der Waals surface area (Å²) in [4.78, 5) is 4.18. The first-order chi connectivity index (χ1) is 7.24. The summed E-state index contributed by atoms with van der Waals surface area (Å²) in [7, 11) is 0. The van der Waals surface area contributed by atoms with Crippen molar-refractivity contribution in [2.45, 2.75) is 45.9 Å². The summed E-state index contributed by atoms with van der Waals surface area (Å²) in [6.45, 7) is 6.34. The van der Waals surface area contributed by atoms with Crippen LogP contribution in [-0.2, 0) is 13.1 Å². The number of nitrogens with one attached hydrogen (secondary N) is 1. The minimum atomic E-state index is -0.244. The molecule has 1 rings (SSSR count). The monoisotopic (exact) mass is 212 g/mol. The van der Waals surface area contributed by atoms with Crippen molar-refractivity contribution in [3.05, 3.63) is 12.2 Å². The highest BCUT2D eigenvalue weighted by atomic mass is 16.3. The minimum Gasteiger partial charge on any atom is -0.393 e. The standard InChI is InChI=1S/C10H20N4O/c1-3-6-14-10(12-8-13-14)7-11-5-4-9(2)15/h8-9,11,15H,3-7H2,1-2H3. The lowest BCUT2D eigenvalue weighted by Crippen LogP contribution is -2.21. The number of aromatic nitrogens is 3. The molecule has 0 spiro atoms. The molecule has 0 radical (unpaired) electrons. The SMILES string of the molecule is CCCn1ncnc1CNCCC(C)O. The summed E-state index contributed by atoms with van der Waals surface area (Å²) in [5.74, 6) is 0.961. The van der Waals surface area contributed by atoms with E-state index in [1.165, 1.54) is 0 Å². The summed E-state index contributed by atoms with van der Waals surface area (Å²) >= 11 is 0. The molecule has 0 fully saturated rings. The smallest absolute Gasteiger partial charge is 0.140 e. The maximum Gasteiger partial charge on any atom is 0.140 e. The van der Waals surface area contributed by atoms with E-state index < -0.39 is 0 Å². The number of aliphatic hydroxyl groups excluding tert-OH is 1. The molecule has 1 aromatic rings. The van der Waals surface area contributed by atoms with Gasteiger partial charge in [0.25, 0.3) is 0 Å². The van der Waals surface area contributed by atoms with Crippen molar-refractivity contribution in [1.29, 1.82) is 0 Å². The van der Waals surface area contributed by atoms with E-state index in [2.05, 4.69) is 22.3 Å². The molecule has 0 aromatic carbocycles. The van der Waals surface area contributed by atoms with E-state index in [0.29, 0.717) is 6.54 Å². The van der Waals surface area contributed by atoms with Crippen LogP contribution >= 0.6 is 0 Å². The van der Waals surface area contributed by atoms with Crippen LogP contribution in [0.3, 0.4) is 0 Å². The van der Waals surface area contributed by atoms with Crippen molar-refractivity contribution in [2.75, 3.05) is 6.54 Å². The number of aliphatic hydroxyl groups is 1. The lowest BCUT2D eigenvalue weighted by Gasteiger charge is -2.07. The van der Waals surface area contributed by atoms with Gasteiger partial charge in [-0.1, -0.05) is 6.92 Å². The van der Waals surface area contributed by atoms with Gasteiger partial charge >= 0.3 is 0 Å². The molecular weight excluding hydrogens is 192 g/mol. The van der Waals surface area contributed by atoms with Crippen LogP contribution in [0.25, 0.3) is 0 Å². The highest BCUT2D eigenvalue weighted by Gasteiger charge is 2.02. The molecule has 0 aliphatic carbocycles. The Bertz CT molecular complexity index is 272. The third-order valence-electron chi connectivity index (χ3n) is 2.15. The topological polar surface area (TPSA) is 63.0 Å². The Hall–Kier alpha value is -0.940. The Balaban J connectivity index is 2.27. The molecule has 1 heterocycles. The van der Waals surface area contributed by atoms with Crippen molar-refractivity contribution in [2.24, 2.45) is 0 Å². The zero-order valence-corrected chi connectivity index (χ0v) is 9.48. The van der Waals surface area contributed by atoms with E-state index >= 15 is 0 Å². The van der Waals surface area contributed by atoms with Crippen molar-refractivity contribution < 1.29 is 5.11 Å². The number of aryl methyl sites for hydroxylation is 1. The van der Waals surface area contributed by atoms with E-state index in [9.17, 15) is 0 Å². The van der Waals surface area contributed by atoms with Gasteiger partial charge in [-0.2, -0.15) is 5.10 Å². The van der Waals surface area contributed by atoms with Crippen molar-refractivity contribution in [3.63, 3.8) is 0 Å². The van der Waals surface area contributed by atoms with Crippen LogP contribution < -0.4 is 5.32 Å². The number of hydrogen-bond donors (Lipinski definition) is 2. The van der Waals surface area contributed by atoms with Gasteiger partial charge in [-0.15, -0.1) is 0 Å². The van der Waals surface area contributed by atoms with E-state index in [-0.39, 0.29) is 6.10 Å². The second kappa shape index (κ2) is 6.53. The second-order valence-electron chi connectivity index (χ2n) is 3.71. The average Bonchev–Trinajstić information content (AvgIpc) is 2.61. The van der Waals surface area contributed by atoms with Gasteiger partial charge in [0.1, 0.15) is 12.2 Å².